The van der Waals surface area contributed by atoms with Crippen LogP contribution in [0.25, 0.3) is 0 Å². The molecule has 3 nitrogen and oxygen atoms in total. The molecule has 2 fully saturated rings. The fourth-order valence-corrected chi connectivity index (χ4v) is 2.75. The van der Waals surface area contributed by atoms with Gasteiger partial charge in [0.2, 0.25) is 0 Å². The standard InChI is InChI=1S/C11H19NO2/c1-2-14-11(13)10-7-8-5-3-4-6-9(8)12-10/h8-10,12H,2-7H2,1H3/t8-,9?,10+/m1/s1. The topological polar surface area (TPSA) is 38.3 Å². The summed E-state index contributed by atoms with van der Waals surface area (Å²) in [6.45, 7) is 2.35. The number of ether oxygens (including phenoxy) is 1. The second-order valence-corrected chi connectivity index (χ2v) is 4.36. The minimum absolute atomic E-state index is 0.0250. The molecule has 0 radical (unpaired) electrons. The monoisotopic (exact) mass is 197 g/mol. The van der Waals surface area contributed by atoms with Crippen LogP contribution in [0.3, 0.4) is 0 Å². The third kappa shape index (κ3) is 1.92. The largest absolute Gasteiger partial charge is 0.465 e. The number of nitrogens with one attached hydrogen (secondary N) is 1. The van der Waals surface area contributed by atoms with Gasteiger partial charge in [-0.15, -0.1) is 0 Å². The van der Waals surface area contributed by atoms with Crippen molar-refractivity contribution in [3.8, 4) is 0 Å². The van der Waals surface area contributed by atoms with Crippen LogP contribution in [-0.4, -0.2) is 24.7 Å². The highest BCUT2D eigenvalue weighted by atomic mass is 16.5. The van der Waals surface area contributed by atoms with Gasteiger partial charge < -0.3 is 10.1 Å². The van der Waals surface area contributed by atoms with Crippen LogP contribution in [0, 0.1) is 5.92 Å². The van der Waals surface area contributed by atoms with Gasteiger partial charge in [-0.25, -0.2) is 0 Å². The van der Waals surface area contributed by atoms with E-state index < -0.39 is 0 Å². The van der Waals surface area contributed by atoms with Gasteiger partial charge >= 0.3 is 5.97 Å². The maximum atomic E-state index is 11.5. The molecule has 14 heavy (non-hydrogen) atoms. The summed E-state index contributed by atoms with van der Waals surface area (Å²) in [5.41, 5.74) is 0. The summed E-state index contributed by atoms with van der Waals surface area (Å²) in [5, 5.41) is 3.40. The van der Waals surface area contributed by atoms with E-state index in [-0.39, 0.29) is 12.0 Å². The highest BCUT2D eigenvalue weighted by molar-refractivity contribution is 5.76. The number of rotatable bonds is 2. The van der Waals surface area contributed by atoms with Crippen molar-refractivity contribution in [3.05, 3.63) is 0 Å². The van der Waals surface area contributed by atoms with Crippen molar-refractivity contribution in [1.82, 2.24) is 5.32 Å². The molecule has 0 bridgehead atoms. The summed E-state index contributed by atoms with van der Waals surface area (Å²) in [4.78, 5) is 11.5. The van der Waals surface area contributed by atoms with E-state index in [0.717, 1.165) is 12.3 Å². The molecule has 0 aromatic carbocycles. The number of carbonyl (C=O) groups excluding carboxylic acids is 1. The van der Waals surface area contributed by atoms with E-state index >= 15 is 0 Å². The van der Waals surface area contributed by atoms with Crippen molar-refractivity contribution in [2.45, 2.75) is 51.1 Å². The molecule has 1 heterocycles. The maximum Gasteiger partial charge on any atom is 0.323 e. The van der Waals surface area contributed by atoms with Crippen molar-refractivity contribution < 1.29 is 9.53 Å². The summed E-state index contributed by atoms with van der Waals surface area (Å²) in [6, 6.07) is 0.557. The number of esters is 1. The van der Waals surface area contributed by atoms with E-state index in [9.17, 15) is 4.79 Å². The summed E-state index contributed by atoms with van der Waals surface area (Å²) < 4.78 is 5.03. The summed E-state index contributed by atoms with van der Waals surface area (Å²) in [7, 11) is 0. The van der Waals surface area contributed by atoms with Gasteiger partial charge in [0.05, 0.1) is 6.61 Å². The van der Waals surface area contributed by atoms with Crippen molar-refractivity contribution >= 4 is 5.97 Å². The molecular weight excluding hydrogens is 178 g/mol. The van der Waals surface area contributed by atoms with E-state index in [0.29, 0.717) is 12.6 Å². The van der Waals surface area contributed by atoms with Gasteiger partial charge in [0, 0.05) is 6.04 Å². The Morgan fingerprint density at radius 1 is 1.43 bits per heavy atom. The molecule has 1 saturated carbocycles. The fourth-order valence-electron chi connectivity index (χ4n) is 2.75. The minimum atomic E-state index is -0.0538. The lowest BCUT2D eigenvalue weighted by molar-refractivity contribution is -0.145. The summed E-state index contributed by atoms with van der Waals surface area (Å²) in [5.74, 6) is 0.667. The van der Waals surface area contributed by atoms with Crippen LogP contribution >= 0.6 is 0 Å². The Morgan fingerprint density at radius 3 is 2.93 bits per heavy atom. The lowest BCUT2D eigenvalue weighted by atomic mass is 9.85. The van der Waals surface area contributed by atoms with Crippen molar-refractivity contribution in [1.29, 1.82) is 0 Å². The average molecular weight is 197 g/mol. The quantitative estimate of drug-likeness (QED) is 0.681. The van der Waals surface area contributed by atoms with E-state index in [2.05, 4.69) is 5.32 Å². The first-order valence-electron chi connectivity index (χ1n) is 5.74. The lowest BCUT2D eigenvalue weighted by Gasteiger charge is -2.24. The van der Waals surface area contributed by atoms with Crippen LogP contribution in [0.2, 0.25) is 0 Å². The lowest BCUT2D eigenvalue weighted by Crippen LogP contribution is -2.38. The van der Waals surface area contributed by atoms with Gasteiger partial charge in [-0.05, 0) is 32.1 Å². The molecule has 80 valence electrons. The SMILES string of the molecule is CCOC(=O)[C@@H]1C[C@H]2CCCCC2N1. The maximum absolute atomic E-state index is 11.5. The number of fused-ring (bicyclic) bond motifs is 1. The second kappa shape index (κ2) is 4.30. The van der Waals surface area contributed by atoms with Gasteiger partial charge in [0.1, 0.15) is 6.04 Å². The van der Waals surface area contributed by atoms with Gasteiger partial charge in [-0.1, -0.05) is 12.8 Å². The van der Waals surface area contributed by atoms with Crippen LogP contribution in [0.5, 0.6) is 0 Å². The minimum Gasteiger partial charge on any atom is -0.465 e. The predicted octanol–water partition coefficient (Wildman–Crippen LogP) is 1.47. The highest BCUT2D eigenvalue weighted by Crippen LogP contribution is 2.33. The molecule has 0 aromatic heterocycles. The van der Waals surface area contributed by atoms with Crippen LogP contribution in [-0.2, 0) is 9.53 Å². The first kappa shape index (κ1) is 9.97. The van der Waals surface area contributed by atoms with Crippen LogP contribution < -0.4 is 5.32 Å². The van der Waals surface area contributed by atoms with Gasteiger partial charge in [-0.2, -0.15) is 0 Å². The van der Waals surface area contributed by atoms with Crippen LogP contribution in [0.4, 0.5) is 0 Å². The van der Waals surface area contributed by atoms with Crippen LogP contribution in [0.15, 0.2) is 0 Å². The zero-order chi connectivity index (χ0) is 9.97. The molecule has 3 heteroatoms. The van der Waals surface area contributed by atoms with Crippen molar-refractivity contribution in [2.24, 2.45) is 5.92 Å². The highest BCUT2D eigenvalue weighted by Gasteiger charge is 2.38. The average Bonchev–Trinajstić information content (AvgIpc) is 2.61. The van der Waals surface area contributed by atoms with E-state index in [1.807, 2.05) is 6.92 Å². The van der Waals surface area contributed by atoms with Gasteiger partial charge in [-0.3, -0.25) is 4.79 Å². The third-order valence-corrected chi connectivity index (χ3v) is 3.43. The molecule has 2 aliphatic rings. The number of carbonyl (C=O) groups is 1. The van der Waals surface area contributed by atoms with Crippen molar-refractivity contribution in [2.75, 3.05) is 6.61 Å². The fraction of sp³-hybridized carbons (Fsp3) is 0.909. The van der Waals surface area contributed by atoms with Gasteiger partial charge in [0.25, 0.3) is 0 Å². The second-order valence-electron chi connectivity index (χ2n) is 4.36. The smallest absolute Gasteiger partial charge is 0.323 e. The molecule has 0 amide bonds. The summed E-state index contributed by atoms with van der Waals surface area (Å²) >= 11 is 0. The van der Waals surface area contributed by atoms with Crippen molar-refractivity contribution in [3.63, 3.8) is 0 Å². The molecule has 0 aromatic rings. The van der Waals surface area contributed by atoms with E-state index in [4.69, 9.17) is 4.74 Å². The third-order valence-electron chi connectivity index (χ3n) is 3.43. The molecule has 1 unspecified atom stereocenters. The first-order chi connectivity index (χ1) is 6.81. The Hall–Kier alpha value is -0.570. The first-order valence-corrected chi connectivity index (χ1v) is 5.74. The zero-order valence-corrected chi connectivity index (χ0v) is 8.79. The molecule has 0 spiro atoms. The Morgan fingerprint density at radius 2 is 2.21 bits per heavy atom. The molecule has 3 atom stereocenters. The Kier molecular flexibility index (Phi) is 3.06. The van der Waals surface area contributed by atoms with E-state index in [1.165, 1.54) is 25.7 Å². The molecule has 1 saturated heterocycles. The molecule has 2 rings (SSSR count). The van der Waals surface area contributed by atoms with Crippen LogP contribution in [0.1, 0.15) is 39.0 Å². The molecule has 1 aliphatic carbocycles. The zero-order valence-electron chi connectivity index (χ0n) is 8.79. The Bertz CT molecular complexity index is 203. The Balaban J connectivity index is 1.89. The molecular formula is C11H19NO2. The van der Waals surface area contributed by atoms with E-state index in [1.54, 1.807) is 0 Å². The normalized spacial score (nSPS) is 36.5. The van der Waals surface area contributed by atoms with Gasteiger partial charge in [0.15, 0.2) is 0 Å². The summed E-state index contributed by atoms with van der Waals surface area (Å²) in [6.07, 6.45) is 6.15. The predicted molar refractivity (Wildman–Crippen MR) is 53.9 cm³/mol. The Labute approximate surface area is 85.2 Å². The number of hydrogen-bond donors (Lipinski definition) is 1. The molecule has 1 aliphatic heterocycles. The number of hydrogen-bond acceptors (Lipinski definition) is 3. The molecule has 1 N–H and O–H groups in total.